The summed E-state index contributed by atoms with van der Waals surface area (Å²) in [4.78, 5) is 17.0. The molecule has 0 aliphatic heterocycles. The first-order chi connectivity index (χ1) is 11.1. The molecule has 1 unspecified atom stereocenters. The number of nitrogens with two attached hydrogens (primary N) is 2. The van der Waals surface area contributed by atoms with Crippen molar-refractivity contribution >= 4 is 11.9 Å². The lowest BCUT2D eigenvalue weighted by molar-refractivity contribution is 0.539. The number of benzene rings is 1. The highest BCUT2D eigenvalue weighted by Crippen LogP contribution is 2.27. The highest BCUT2D eigenvalue weighted by Gasteiger charge is 2.21. The maximum absolute atomic E-state index is 5.72. The fourth-order valence-corrected chi connectivity index (χ4v) is 2.63. The number of nitrogen functional groups attached to an aromatic ring is 2. The average Bonchev–Trinajstić information content (AvgIpc) is 2.90. The molecule has 7 heteroatoms. The standard InChI is InChI=1S/C16H19N7/c1-3-12(13-20-15(17)22-16(18)21-13)23-9-10(2)19-14(23)11-7-5-4-6-8-11/h4-9,12H,3H2,1-2H3,(H4,17,18,20,21,22). The molecule has 2 heterocycles. The lowest BCUT2D eigenvalue weighted by Crippen LogP contribution is -2.16. The summed E-state index contributed by atoms with van der Waals surface area (Å²) < 4.78 is 2.07. The molecule has 118 valence electrons. The zero-order chi connectivity index (χ0) is 16.4. The number of imidazole rings is 1. The zero-order valence-corrected chi connectivity index (χ0v) is 13.1. The van der Waals surface area contributed by atoms with Gasteiger partial charge in [0.25, 0.3) is 0 Å². The van der Waals surface area contributed by atoms with Gasteiger partial charge in [-0.2, -0.15) is 15.0 Å². The number of nitrogens with zero attached hydrogens (tertiary/aromatic N) is 5. The molecule has 23 heavy (non-hydrogen) atoms. The van der Waals surface area contributed by atoms with Gasteiger partial charge in [0.1, 0.15) is 5.82 Å². The highest BCUT2D eigenvalue weighted by atomic mass is 15.2. The third-order valence-electron chi connectivity index (χ3n) is 3.59. The van der Waals surface area contributed by atoms with Crippen LogP contribution in [-0.4, -0.2) is 24.5 Å². The van der Waals surface area contributed by atoms with Crippen molar-refractivity contribution in [2.75, 3.05) is 11.5 Å². The maximum Gasteiger partial charge on any atom is 0.225 e. The van der Waals surface area contributed by atoms with E-state index in [0.717, 1.165) is 23.5 Å². The van der Waals surface area contributed by atoms with Crippen LogP contribution >= 0.6 is 0 Å². The molecular formula is C16H19N7. The van der Waals surface area contributed by atoms with Crippen molar-refractivity contribution < 1.29 is 0 Å². The Morgan fingerprint density at radius 1 is 1.00 bits per heavy atom. The SMILES string of the molecule is CCC(c1nc(N)nc(N)n1)n1cc(C)nc1-c1ccccc1. The van der Waals surface area contributed by atoms with Crippen molar-refractivity contribution in [1.29, 1.82) is 0 Å². The molecule has 0 radical (unpaired) electrons. The van der Waals surface area contributed by atoms with Gasteiger partial charge in [0.15, 0.2) is 5.82 Å². The number of aromatic nitrogens is 5. The van der Waals surface area contributed by atoms with Crippen LogP contribution in [0.5, 0.6) is 0 Å². The van der Waals surface area contributed by atoms with E-state index in [-0.39, 0.29) is 17.9 Å². The molecule has 0 saturated carbocycles. The van der Waals surface area contributed by atoms with Gasteiger partial charge in [-0.1, -0.05) is 37.3 Å². The Morgan fingerprint density at radius 2 is 1.65 bits per heavy atom. The van der Waals surface area contributed by atoms with Gasteiger partial charge >= 0.3 is 0 Å². The Kier molecular flexibility index (Phi) is 3.92. The number of aryl methyl sites for hydroxylation is 1. The molecule has 0 amide bonds. The van der Waals surface area contributed by atoms with E-state index < -0.39 is 0 Å². The molecule has 1 atom stereocenters. The summed E-state index contributed by atoms with van der Waals surface area (Å²) in [6.07, 6.45) is 2.77. The van der Waals surface area contributed by atoms with Crippen molar-refractivity contribution in [2.45, 2.75) is 26.3 Å². The van der Waals surface area contributed by atoms with Crippen molar-refractivity contribution in [2.24, 2.45) is 0 Å². The molecule has 0 fully saturated rings. The molecule has 1 aromatic carbocycles. The van der Waals surface area contributed by atoms with E-state index in [4.69, 9.17) is 11.5 Å². The monoisotopic (exact) mass is 309 g/mol. The predicted molar refractivity (Wildman–Crippen MR) is 89.5 cm³/mol. The van der Waals surface area contributed by atoms with Crippen LogP contribution in [-0.2, 0) is 0 Å². The lowest BCUT2D eigenvalue weighted by atomic mass is 10.1. The molecule has 0 saturated heterocycles. The fourth-order valence-electron chi connectivity index (χ4n) is 2.63. The minimum atomic E-state index is -0.112. The van der Waals surface area contributed by atoms with Gasteiger partial charge in [-0.25, -0.2) is 4.98 Å². The van der Waals surface area contributed by atoms with Crippen LogP contribution < -0.4 is 11.5 Å². The van der Waals surface area contributed by atoms with Crippen LogP contribution in [0.15, 0.2) is 36.5 Å². The number of hydrogen-bond acceptors (Lipinski definition) is 6. The fraction of sp³-hybridized carbons (Fsp3) is 0.250. The first kappa shape index (κ1) is 15.0. The topological polar surface area (TPSA) is 109 Å². The van der Waals surface area contributed by atoms with Crippen LogP contribution in [0.25, 0.3) is 11.4 Å². The van der Waals surface area contributed by atoms with Crippen LogP contribution in [0.3, 0.4) is 0 Å². The Hall–Kier alpha value is -2.96. The molecular weight excluding hydrogens is 290 g/mol. The van der Waals surface area contributed by atoms with E-state index in [0.29, 0.717) is 5.82 Å². The van der Waals surface area contributed by atoms with Crippen molar-refractivity contribution in [3.63, 3.8) is 0 Å². The number of rotatable bonds is 4. The van der Waals surface area contributed by atoms with Gasteiger partial charge in [0.05, 0.1) is 11.7 Å². The summed E-state index contributed by atoms with van der Waals surface area (Å²) in [6, 6.07) is 9.91. The minimum Gasteiger partial charge on any atom is -0.368 e. The van der Waals surface area contributed by atoms with E-state index >= 15 is 0 Å². The molecule has 3 aromatic rings. The van der Waals surface area contributed by atoms with Gasteiger partial charge in [-0.3, -0.25) is 0 Å². The Bertz CT molecular complexity index is 790. The second-order valence-electron chi connectivity index (χ2n) is 5.31. The van der Waals surface area contributed by atoms with Crippen molar-refractivity contribution in [3.05, 3.63) is 48.0 Å². The summed E-state index contributed by atoms with van der Waals surface area (Å²) in [5.74, 6) is 1.67. The summed E-state index contributed by atoms with van der Waals surface area (Å²) in [5, 5.41) is 0. The van der Waals surface area contributed by atoms with Gasteiger partial charge in [0.2, 0.25) is 11.9 Å². The van der Waals surface area contributed by atoms with Gasteiger partial charge < -0.3 is 16.0 Å². The van der Waals surface area contributed by atoms with E-state index in [2.05, 4.69) is 31.4 Å². The van der Waals surface area contributed by atoms with E-state index in [1.54, 1.807) is 0 Å². The smallest absolute Gasteiger partial charge is 0.225 e. The second kappa shape index (κ2) is 6.04. The van der Waals surface area contributed by atoms with Crippen molar-refractivity contribution in [1.82, 2.24) is 24.5 Å². The molecule has 7 nitrogen and oxygen atoms in total. The summed E-state index contributed by atoms with van der Waals surface area (Å²) >= 11 is 0. The Labute approximate surface area is 134 Å². The van der Waals surface area contributed by atoms with Crippen molar-refractivity contribution in [3.8, 4) is 11.4 Å². The number of anilines is 2. The minimum absolute atomic E-state index is 0.112. The third kappa shape index (κ3) is 2.98. The normalized spacial score (nSPS) is 12.3. The summed E-state index contributed by atoms with van der Waals surface area (Å²) in [6.45, 7) is 4.02. The first-order valence-corrected chi connectivity index (χ1v) is 7.46. The average molecular weight is 309 g/mol. The summed E-state index contributed by atoms with van der Waals surface area (Å²) in [7, 11) is 0. The predicted octanol–water partition coefficient (Wildman–Crippen LogP) is 2.21. The quantitative estimate of drug-likeness (QED) is 0.764. The van der Waals surface area contributed by atoms with Crippen LogP contribution in [0, 0.1) is 6.92 Å². The largest absolute Gasteiger partial charge is 0.368 e. The zero-order valence-electron chi connectivity index (χ0n) is 13.1. The Morgan fingerprint density at radius 3 is 2.26 bits per heavy atom. The van der Waals surface area contributed by atoms with Crippen LogP contribution in [0.1, 0.15) is 30.9 Å². The number of hydrogen-bond donors (Lipinski definition) is 2. The summed E-state index contributed by atoms with van der Waals surface area (Å²) in [5.41, 5.74) is 13.4. The van der Waals surface area contributed by atoms with Gasteiger partial charge in [0, 0.05) is 11.8 Å². The Balaban J connectivity index is 2.12. The highest BCUT2D eigenvalue weighted by molar-refractivity contribution is 5.56. The van der Waals surface area contributed by atoms with Gasteiger partial charge in [-0.15, -0.1) is 0 Å². The molecule has 2 aromatic heterocycles. The molecule has 0 aliphatic rings. The van der Waals surface area contributed by atoms with E-state index in [1.807, 2.05) is 43.5 Å². The molecule has 0 spiro atoms. The molecule has 3 rings (SSSR count). The van der Waals surface area contributed by atoms with Crippen LogP contribution in [0.2, 0.25) is 0 Å². The maximum atomic E-state index is 5.72. The lowest BCUT2D eigenvalue weighted by Gasteiger charge is -2.18. The first-order valence-electron chi connectivity index (χ1n) is 7.46. The van der Waals surface area contributed by atoms with E-state index in [1.165, 1.54) is 0 Å². The molecule has 0 bridgehead atoms. The molecule has 0 aliphatic carbocycles. The molecule has 4 N–H and O–H groups in total. The second-order valence-corrected chi connectivity index (χ2v) is 5.31. The van der Waals surface area contributed by atoms with Crippen LogP contribution in [0.4, 0.5) is 11.9 Å². The van der Waals surface area contributed by atoms with Gasteiger partial charge in [-0.05, 0) is 13.3 Å². The third-order valence-corrected chi connectivity index (χ3v) is 3.59. The van der Waals surface area contributed by atoms with E-state index in [9.17, 15) is 0 Å².